The molecule has 0 saturated carbocycles. The molecule has 113 heavy (non-hydrogen) atoms. The fourth-order valence-electron chi connectivity index (χ4n) is 14.7. The molecule has 31 heteroatoms. The van der Waals surface area contributed by atoms with Crippen LogP contribution < -0.4 is 52.4 Å². The number of carboxylic acid groups (broad SMARTS) is 1. The van der Waals surface area contributed by atoms with Crippen LogP contribution in [0.15, 0.2) is 155 Å². The molecule has 0 unspecified atom stereocenters. The Hall–Kier alpha value is -12.0. The number of aromatic amines is 1. The first-order valence-electron chi connectivity index (χ1n) is 38.0. The first-order chi connectivity index (χ1) is 54.0. The minimum absolute atomic E-state index is 0.0116. The molecule has 2 saturated heterocycles. The first-order valence-corrected chi connectivity index (χ1v) is 38.0. The van der Waals surface area contributed by atoms with Crippen molar-refractivity contribution in [1.82, 2.24) is 87.2 Å². The van der Waals surface area contributed by atoms with E-state index in [-0.39, 0.29) is 70.7 Å². The number of carbonyl (C=O) groups excluding carboxylic acids is 8. The fourth-order valence-corrected chi connectivity index (χ4v) is 14.7. The minimum Gasteiger partial charge on any atom is -0.487 e. The number of nitrogens with zero attached hydrogens (tertiary/aromatic N) is 9. The van der Waals surface area contributed by atoms with Crippen LogP contribution in [-0.2, 0) is 82.0 Å². The molecule has 2 fully saturated rings. The zero-order chi connectivity index (χ0) is 80.6. The summed E-state index contributed by atoms with van der Waals surface area (Å²) in [6.45, 7) is 13.8. The molecular formula is C82H97N17O14. The van der Waals surface area contributed by atoms with E-state index in [1.807, 2.05) is 84.9 Å². The van der Waals surface area contributed by atoms with Crippen LogP contribution in [0.3, 0.4) is 0 Å². The van der Waals surface area contributed by atoms with Gasteiger partial charge in [0.1, 0.15) is 72.4 Å². The summed E-state index contributed by atoms with van der Waals surface area (Å²) in [6, 6.07) is 28.1. The number of carbonyl (C=O) groups is 9. The van der Waals surface area contributed by atoms with Crippen molar-refractivity contribution >= 4 is 74.6 Å². The zero-order valence-corrected chi connectivity index (χ0v) is 64.8. The summed E-state index contributed by atoms with van der Waals surface area (Å²) in [7, 11) is 3.24. The molecule has 594 valence electrons. The normalized spacial score (nSPS) is 21.5. The van der Waals surface area contributed by atoms with Gasteiger partial charge in [0, 0.05) is 32.4 Å². The highest BCUT2D eigenvalue weighted by molar-refractivity contribution is 5.98. The van der Waals surface area contributed by atoms with E-state index in [4.69, 9.17) is 13.9 Å². The molecule has 31 nitrogen and oxygen atoms in total. The molecule has 7 amide bonds. The summed E-state index contributed by atoms with van der Waals surface area (Å²) in [6.07, 6.45) is 2.77. The summed E-state index contributed by atoms with van der Waals surface area (Å²) in [5.41, 5.74) is 1.36. The monoisotopic (exact) mass is 1540 g/mol. The molecule has 9 N–H and O–H groups in total. The van der Waals surface area contributed by atoms with E-state index in [0.29, 0.717) is 45.1 Å². The largest absolute Gasteiger partial charge is 0.487 e. The smallest absolute Gasteiger partial charge is 0.434 e. The molecule has 0 spiro atoms. The van der Waals surface area contributed by atoms with Crippen molar-refractivity contribution < 1.29 is 62.1 Å². The van der Waals surface area contributed by atoms with E-state index in [1.165, 1.54) is 19.2 Å². The lowest BCUT2D eigenvalue weighted by molar-refractivity contribution is -0.146. The standard InChI is InChI=1S/C82H97N17O14/c1-46(83-9)71(101)88-69(81(3,4)5)77(106)96-33-31-64-67(96)74(104)85-61(39-50-19-25-52-15-11-13-17-54(52)36-50)66(100)41-56(79(108)109)35-48-21-27-59(28-22-48)111-44-58-43-99(95-91-58)65-32-34-97(78(107)70(82(6,7)8)89-72(102)47(2)84-10)68(65)75(105)86-62(40-51-20-26-53-16-12-14-18-55(53)37-51)73(103)87-63(76-92-93-80(110)113-76)38-49-23-29-60(30-24-49)112-45-57-42-98(64)94-90-57/h11-30,36-37,42-43,46-47,56,61-65,67-70,83-84H,31-35,38-41,44-45H2,1-10H3,(H,85,104)(H,86,105)(H,87,103)(H,88,101)(H,89,102)(H,93,110)(H,108,109)/t46-,47-,56+,61-,62-,63-,64+,65+,67-,68-,69+,70+/m0/s1. The molecule has 8 bridgehead atoms. The van der Waals surface area contributed by atoms with E-state index in [0.717, 1.165) is 21.5 Å². The highest BCUT2D eigenvalue weighted by atomic mass is 16.5. The van der Waals surface area contributed by atoms with Crippen LogP contribution in [0.1, 0.15) is 132 Å². The van der Waals surface area contributed by atoms with Gasteiger partial charge in [-0.3, -0.25) is 43.2 Å². The topological polar surface area (TPSA) is 403 Å². The molecule has 9 aromatic rings. The average molecular weight is 1540 g/mol. The maximum atomic E-state index is 15.7. The van der Waals surface area contributed by atoms with E-state index in [1.54, 1.807) is 130 Å². The van der Waals surface area contributed by atoms with Crippen molar-refractivity contribution in [2.24, 2.45) is 16.7 Å². The number of aromatic nitrogens is 8. The lowest BCUT2D eigenvalue weighted by Crippen LogP contribution is -2.61. The van der Waals surface area contributed by atoms with Crippen LogP contribution in [0.5, 0.6) is 11.5 Å². The Morgan fingerprint density at radius 1 is 0.549 bits per heavy atom. The number of Topliss-reactive ketones (excluding diaryl/α,β-unsaturated/α-hetero) is 1. The summed E-state index contributed by atoms with van der Waals surface area (Å²) in [4.78, 5) is 149. The van der Waals surface area contributed by atoms with E-state index >= 15 is 28.8 Å². The number of rotatable bonds is 14. The SMILES string of the molecule is CN[C@@H](C)C(=O)N[C@H](C(=O)N1CC[C@@H]2[C@H]1C(=O)N[C@@H](Cc1ccc3ccccc3c1)C(=O)C[C@H](C(=O)O)Cc1ccc(cc1)OCc1cn(nn1)[C@@H]1CCN(C(=O)[C@@H](NC(=O)[C@H](C)NC)C(C)(C)C)[C@@H]1C(=O)N[C@@H](Cc1ccc3ccccc3c1)C(=O)N[C@H](c1n[nH]c(=O)o1)Cc1ccc(cc1)OCc1cn2nn1)C(C)(C)C. The number of fused-ring (bicyclic) bond motifs is 2. The van der Waals surface area contributed by atoms with Gasteiger partial charge in [0.25, 0.3) is 0 Å². The van der Waals surface area contributed by atoms with E-state index in [9.17, 15) is 24.3 Å². The summed E-state index contributed by atoms with van der Waals surface area (Å²) in [5, 5.41) is 59.5. The predicted molar refractivity (Wildman–Crippen MR) is 415 cm³/mol. The van der Waals surface area contributed by atoms with Crippen LogP contribution in [0.25, 0.3) is 21.5 Å². The number of ketones is 1. The van der Waals surface area contributed by atoms with Gasteiger partial charge in [-0.1, -0.05) is 161 Å². The van der Waals surface area contributed by atoms with Crippen molar-refractivity contribution in [2.45, 2.75) is 180 Å². The fraction of sp³-hybridized carbons (Fsp3) is 0.427. The first kappa shape index (κ1) is 80.5. The number of aliphatic carboxylic acids is 1. The number of likely N-dealkylation sites (N-methyl/N-ethyl adjacent to an activating group) is 2. The maximum Gasteiger partial charge on any atom is 0.434 e. The summed E-state index contributed by atoms with van der Waals surface area (Å²) >= 11 is 0. The van der Waals surface area contributed by atoms with Crippen molar-refractivity contribution in [3.05, 3.63) is 196 Å². The average Bonchev–Trinajstić information content (AvgIpc) is 1.46. The third-order valence-corrected chi connectivity index (χ3v) is 21.3. The third kappa shape index (κ3) is 19.3. The molecular weight excluding hydrogens is 1450 g/mol. The number of amides is 7. The van der Waals surface area contributed by atoms with Crippen molar-refractivity contribution in [1.29, 1.82) is 0 Å². The number of carboxylic acids is 1. The summed E-state index contributed by atoms with van der Waals surface area (Å²) < 4.78 is 21.0. The highest BCUT2D eigenvalue weighted by Crippen LogP contribution is 2.36. The van der Waals surface area contributed by atoms with Gasteiger partial charge in [-0.05, 0) is 133 Å². The van der Waals surface area contributed by atoms with Gasteiger partial charge in [-0.2, -0.15) is 0 Å². The molecule has 3 aromatic heterocycles. The second-order valence-corrected chi connectivity index (χ2v) is 31.6. The van der Waals surface area contributed by atoms with Crippen LogP contribution in [-0.4, -0.2) is 184 Å². The molecule has 12 atom stereocenters. The molecule has 6 aliphatic heterocycles. The van der Waals surface area contributed by atoms with Crippen LogP contribution in [0, 0.1) is 16.7 Å². The third-order valence-electron chi connectivity index (χ3n) is 21.3. The van der Waals surface area contributed by atoms with Gasteiger partial charge in [0.2, 0.25) is 47.2 Å². The van der Waals surface area contributed by atoms with Crippen molar-refractivity contribution in [3.63, 3.8) is 0 Å². The lowest BCUT2D eigenvalue weighted by Gasteiger charge is -2.37. The lowest BCUT2D eigenvalue weighted by atomic mass is 9.85. The summed E-state index contributed by atoms with van der Waals surface area (Å²) in [5.74, 6) is -7.68. The Morgan fingerprint density at radius 2 is 0.991 bits per heavy atom. The molecule has 6 aromatic carbocycles. The number of hydrogen-bond acceptors (Lipinski definition) is 20. The van der Waals surface area contributed by atoms with Gasteiger partial charge >= 0.3 is 11.7 Å². The van der Waals surface area contributed by atoms with Crippen molar-refractivity contribution in [3.8, 4) is 11.5 Å². The Morgan fingerprint density at radius 3 is 1.42 bits per heavy atom. The molecule has 0 aliphatic carbocycles. The van der Waals surface area contributed by atoms with Crippen LogP contribution in [0.4, 0.5) is 0 Å². The molecule has 15 rings (SSSR count). The number of ether oxygens (including phenoxy) is 2. The number of likely N-dealkylation sites (tertiary alicyclic amines) is 2. The maximum absolute atomic E-state index is 15.7. The number of nitrogens with one attached hydrogen (secondary N) is 8. The Balaban J connectivity index is 0.901. The Bertz CT molecular complexity index is 5020. The Kier molecular flexibility index (Phi) is 24.8. The van der Waals surface area contributed by atoms with Crippen molar-refractivity contribution in [2.75, 3.05) is 27.2 Å². The second kappa shape index (κ2) is 34.7. The number of hydrogen-bond donors (Lipinski definition) is 9. The van der Waals surface area contributed by atoms with E-state index in [2.05, 4.69) is 68.0 Å². The van der Waals surface area contributed by atoms with E-state index < -0.39 is 148 Å². The zero-order valence-electron chi connectivity index (χ0n) is 64.8. The van der Waals surface area contributed by atoms with Gasteiger partial charge in [0.15, 0.2) is 5.78 Å². The Labute approximate surface area is 652 Å². The van der Waals surface area contributed by atoms with Crippen LogP contribution in [0.2, 0.25) is 0 Å². The number of H-pyrrole nitrogens is 1. The second-order valence-electron chi connectivity index (χ2n) is 31.6. The van der Waals surface area contributed by atoms with Gasteiger partial charge in [-0.15, -0.1) is 15.3 Å². The quantitative estimate of drug-likeness (QED) is 0.0663. The van der Waals surface area contributed by atoms with Gasteiger partial charge in [0.05, 0.1) is 48.5 Å². The predicted octanol–water partition coefficient (Wildman–Crippen LogP) is 5.34. The number of benzene rings is 6. The van der Waals surface area contributed by atoms with Crippen LogP contribution >= 0.6 is 0 Å². The highest BCUT2D eigenvalue weighted by Gasteiger charge is 2.51. The van der Waals surface area contributed by atoms with Gasteiger partial charge < -0.3 is 66.0 Å². The van der Waals surface area contributed by atoms with Gasteiger partial charge in [-0.25, -0.2) is 19.3 Å². The molecule has 6 aliphatic rings. The molecule has 0 radical (unpaired) electrons. The molecule has 9 heterocycles. The minimum atomic E-state index is -1.37.